The van der Waals surface area contributed by atoms with Gasteiger partial charge in [0.2, 0.25) is 17.7 Å². The smallest absolute Gasteiger partial charge is 0.436 e. The first kappa shape index (κ1) is 25.6. The van der Waals surface area contributed by atoms with Crippen molar-refractivity contribution in [3.05, 3.63) is 47.8 Å². The van der Waals surface area contributed by atoms with Crippen LogP contribution in [0.2, 0.25) is 0 Å². The fourth-order valence-corrected chi connectivity index (χ4v) is 4.61. The van der Waals surface area contributed by atoms with E-state index in [9.17, 15) is 23.1 Å². The Morgan fingerprint density at radius 1 is 1.13 bits per heavy atom. The molecule has 2 aliphatic heterocycles. The summed E-state index contributed by atoms with van der Waals surface area (Å²) >= 11 is 0. The molecule has 0 aliphatic carbocycles. The number of hydrogen-bond donors (Lipinski definition) is 2. The number of aromatic nitrogens is 5. The molecule has 3 aromatic heterocycles. The van der Waals surface area contributed by atoms with Crippen LogP contribution in [0.5, 0.6) is 11.6 Å². The summed E-state index contributed by atoms with van der Waals surface area (Å²) in [4.78, 5) is 36.5. The quantitative estimate of drug-likeness (QED) is 0.491. The Hall–Kier alpha value is -4.07. The van der Waals surface area contributed by atoms with Crippen molar-refractivity contribution >= 4 is 23.4 Å². The lowest BCUT2D eigenvalue weighted by molar-refractivity contribution is -0.145. The summed E-state index contributed by atoms with van der Waals surface area (Å²) in [5.74, 6) is -0.291. The van der Waals surface area contributed by atoms with Crippen molar-refractivity contribution in [3.8, 4) is 11.6 Å². The average Bonchev–Trinajstić information content (AvgIpc) is 2.85. The Balaban J connectivity index is 1.29. The van der Waals surface area contributed by atoms with Crippen LogP contribution in [0.15, 0.2) is 30.7 Å². The van der Waals surface area contributed by atoms with Gasteiger partial charge in [-0.2, -0.15) is 18.2 Å². The molecule has 3 aromatic rings. The van der Waals surface area contributed by atoms with Gasteiger partial charge in [-0.1, -0.05) is 6.07 Å². The summed E-state index contributed by atoms with van der Waals surface area (Å²) in [6, 6.07) is 2.52. The summed E-state index contributed by atoms with van der Waals surface area (Å²) in [7, 11) is 1.74. The van der Waals surface area contributed by atoms with Crippen molar-refractivity contribution in [2.45, 2.75) is 51.1 Å². The molecule has 2 N–H and O–H groups in total. The van der Waals surface area contributed by atoms with E-state index in [-0.39, 0.29) is 17.5 Å². The van der Waals surface area contributed by atoms with Gasteiger partial charge in [0, 0.05) is 32.4 Å². The number of aryl methyl sites for hydroxylation is 1. The van der Waals surface area contributed by atoms with Crippen LogP contribution in [-0.2, 0) is 23.9 Å². The molecule has 0 spiro atoms. The van der Waals surface area contributed by atoms with Crippen LogP contribution in [0.3, 0.4) is 0 Å². The molecule has 5 rings (SSSR count). The molecule has 11 nitrogen and oxygen atoms in total. The van der Waals surface area contributed by atoms with Gasteiger partial charge in [0.25, 0.3) is 5.91 Å². The minimum Gasteiger partial charge on any atom is -0.436 e. The monoisotopic (exact) mass is 530 g/mol. The third-order valence-electron chi connectivity index (χ3n) is 6.25. The standard InChI is InChI=1S/C24H25F3N8O3/c1-23(2,37)18-20(36)35-8-4-5-15-17(35)19(34(18)3)33-22(32-15)31-10-13-6-7-16(28-9-13)38-14-11-29-21(30-12-14)24(25,26)27/h6-7,9,11-12,18,37H,4-5,8,10H2,1-3H3,(H,31,32,33)/t18-/m1/s1. The molecule has 38 heavy (non-hydrogen) atoms. The molecule has 0 bridgehead atoms. The van der Waals surface area contributed by atoms with E-state index in [2.05, 4.69) is 30.2 Å². The first-order valence-electron chi connectivity index (χ1n) is 11.8. The summed E-state index contributed by atoms with van der Waals surface area (Å²) in [5, 5.41) is 13.9. The number of alkyl halides is 3. The highest BCUT2D eigenvalue weighted by Crippen LogP contribution is 2.41. The summed E-state index contributed by atoms with van der Waals surface area (Å²) in [5.41, 5.74) is 0.946. The normalized spacial score (nSPS) is 17.3. The average molecular weight is 531 g/mol. The van der Waals surface area contributed by atoms with Crippen LogP contribution in [0.4, 0.5) is 30.6 Å². The van der Waals surface area contributed by atoms with Gasteiger partial charge < -0.3 is 25.0 Å². The first-order valence-corrected chi connectivity index (χ1v) is 11.8. The van der Waals surface area contributed by atoms with Crippen LogP contribution in [-0.4, -0.2) is 61.2 Å². The van der Waals surface area contributed by atoms with Crippen LogP contribution >= 0.6 is 0 Å². The zero-order valence-electron chi connectivity index (χ0n) is 20.8. The highest BCUT2D eigenvalue weighted by Gasteiger charge is 2.47. The van der Waals surface area contributed by atoms with Gasteiger partial charge in [-0.3, -0.25) is 4.79 Å². The molecule has 0 aromatic carbocycles. The highest BCUT2D eigenvalue weighted by atomic mass is 19.4. The van der Waals surface area contributed by atoms with Crippen molar-refractivity contribution in [1.82, 2.24) is 24.9 Å². The van der Waals surface area contributed by atoms with E-state index in [1.807, 2.05) is 0 Å². The van der Waals surface area contributed by atoms with E-state index < -0.39 is 23.6 Å². The zero-order valence-corrected chi connectivity index (χ0v) is 20.8. The molecular formula is C24H25F3N8O3. The maximum atomic E-state index is 13.1. The summed E-state index contributed by atoms with van der Waals surface area (Å²) in [6.07, 6.45) is 0.237. The SMILES string of the molecule is CN1c2nc(NCc3ccc(Oc4cnc(C(F)(F)F)nc4)nc3)nc3c2N(CCC3)C(=O)[C@@H]1C(C)(C)O. The third kappa shape index (κ3) is 4.90. The Kier molecular flexibility index (Phi) is 6.29. The van der Waals surface area contributed by atoms with E-state index in [1.54, 1.807) is 49.0 Å². The van der Waals surface area contributed by atoms with Crippen molar-refractivity contribution in [2.75, 3.05) is 28.7 Å². The Morgan fingerprint density at radius 2 is 1.87 bits per heavy atom. The number of likely N-dealkylation sites (N-methyl/N-ethyl adjacent to an activating group) is 1. The molecular weight excluding hydrogens is 505 g/mol. The van der Waals surface area contributed by atoms with Crippen LogP contribution < -0.4 is 19.9 Å². The molecule has 0 radical (unpaired) electrons. The molecule has 0 saturated heterocycles. The van der Waals surface area contributed by atoms with Crippen LogP contribution in [0.1, 0.15) is 37.4 Å². The molecule has 1 atom stereocenters. The number of amides is 1. The topological polar surface area (TPSA) is 129 Å². The maximum Gasteiger partial charge on any atom is 0.451 e. The number of nitrogens with zero attached hydrogens (tertiary/aromatic N) is 7. The van der Waals surface area contributed by atoms with Gasteiger partial charge in [-0.25, -0.2) is 19.9 Å². The number of carbonyl (C=O) groups is 1. The Morgan fingerprint density at radius 3 is 2.50 bits per heavy atom. The Labute approximate surface area is 215 Å². The Bertz CT molecular complexity index is 1340. The first-order chi connectivity index (χ1) is 17.9. The van der Waals surface area contributed by atoms with Crippen molar-refractivity contribution in [1.29, 1.82) is 0 Å². The van der Waals surface area contributed by atoms with Gasteiger partial charge in [-0.15, -0.1) is 0 Å². The number of nitrogens with one attached hydrogen (secondary N) is 1. The summed E-state index contributed by atoms with van der Waals surface area (Å²) in [6.45, 7) is 4.09. The molecule has 14 heteroatoms. The van der Waals surface area contributed by atoms with Gasteiger partial charge in [0.05, 0.1) is 23.7 Å². The van der Waals surface area contributed by atoms with E-state index in [4.69, 9.17) is 4.74 Å². The van der Waals surface area contributed by atoms with Crippen LogP contribution in [0.25, 0.3) is 0 Å². The second kappa shape index (κ2) is 9.35. The predicted molar refractivity (Wildman–Crippen MR) is 130 cm³/mol. The van der Waals surface area contributed by atoms with E-state index in [0.717, 1.165) is 30.1 Å². The minimum atomic E-state index is -4.63. The summed E-state index contributed by atoms with van der Waals surface area (Å²) < 4.78 is 43.3. The largest absolute Gasteiger partial charge is 0.451 e. The van der Waals surface area contributed by atoms with E-state index in [0.29, 0.717) is 37.0 Å². The molecule has 0 saturated carbocycles. The lowest BCUT2D eigenvalue weighted by Crippen LogP contribution is -2.62. The number of halogens is 3. The maximum absolute atomic E-state index is 13.1. The zero-order chi connectivity index (χ0) is 27.2. The number of ether oxygens (including phenoxy) is 1. The van der Waals surface area contributed by atoms with Gasteiger partial charge in [-0.05, 0) is 32.3 Å². The third-order valence-corrected chi connectivity index (χ3v) is 6.25. The van der Waals surface area contributed by atoms with Gasteiger partial charge >= 0.3 is 6.18 Å². The highest BCUT2D eigenvalue weighted by molar-refractivity contribution is 6.06. The number of carbonyl (C=O) groups excluding carboxylic acids is 1. The van der Waals surface area contributed by atoms with Crippen molar-refractivity contribution in [2.24, 2.45) is 0 Å². The molecule has 2 aliphatic rings. The lowest BCUT2D eigenvalue weighted by Gasteiger charge is -2.46. The number of pyridine rings is 1. The lowest BCUT2D eigenvalue weighted by atomic mass is 9.92. The van der Waals surface area contributed by atoms with Gasteiger partial charge in [0.1, 0.15) is 11.7 Å². The number of aliphatic hydroxyl groups is 1. The van der Waals surface area contributed by atoms with E-state index >= 15 is 0 Å². The molecule has 0 fully saturated rings. The van der Waals surface area contributed by atoms with Crippen molar-refractivity contribution in [3.63, 3.8) is 0 Å². The van der Waals surface area contributed by atoms with E-state index in [1.165, 1.54) is 0 Å². The van der Waals surface area contributed by atoms with Crippen molar-refractivity contribution < 1.29 is 27.8 Å². The number of hydrogen-bond acceptors (Lipinski definition) is 10. The second-order valence-electron chi connectivity index (χ2n) is 9.63. The second-order valence-corrected chi connectivity index (χ2v) is 9.63. The minimum absolute atomic E-state index is 0.0220. The number of anilines is 3. The number of rotatable bonds is 6. The molecule has 200 valence electrons. The van der Waals surface area contributed by atoms with Gasteiger partial charge in [0.15, 0.2) is 11.6 Å². The molecule has 0 unspecified atom stereocenters. The fourth-order valence-electron chi connectivity index (χ4n) is 4.61. The molecule has 5 heterocycles. The van der Waals surface area contributed by atoms with Crippen LogP contribution in [0, 0.1) is 0 Å². The molecule has 1 amide bonds. The predicted octanol–water partition coefficient (Wildman–Crippen LogP) is 2.95. The fraction of sp³-hybridized carbons (Fsp3) is 0.417.